The lowest BCUT2D eigenvalue weighted by Gasteiger charge is -2.14. The van der Waals surface area contributed by atoms with Crippen LogP contribution >= 0.6 is 0 Å². The average molecular weight is 328 g/mol. The van der Waals surface area contributed by atoms with Gasteiger partial charge in [0.05, 0.1) is 11.5 Å². The zero-order valence-electron chi connectivity index (χ0n) is 13.7. The van der Waals surface area contributed by atoms with Crippen LogP contribution in [0.2, 0.25) is 0 Å². The molecule has 6 heteroatoms. The van der Waals surface area contributed by atoms with Crippen LogP contribution in [0.4, 0.5) is 11.4 Å². The maximum atomic E-state index is 11.1. The molecule has 1 N–H and O–H groups in total. The molecular formula is C18H20N2O4. The fraction of sp³-hybridized carbons (Fsp3) is 0.333. The van der Waals surface area contributed by atoms with Crippen LogP contribution in [0.1, 0.15) is 25.0 Å². The smallest absolute Gasteiger partial charge is 0.292 e. The largest absolute Gasteiger partial charge is 0.494 e. The lowest BCUT2D eigenvalue weighted by molar-refractivity contribution is -0.384. The Kier molecular flexibility index (Phi) is 4.55. The van der Waals surface area contributed by atoms with Gasteiger partial charge in [-0.3, -0.25) is 10.1 Å². The summed E-state index contributed by atoms with van der Waals surface area (Å²) < 4.78 is 11.5. The second kappa shape index (κ2) is 6.78. The first-order valence-electron chi connectivity index (χ1n) is 8.01. The predicted molar refractivity (Wildman–Crippen MR) is 91.8 cm³/mol. The lowest BCUT2D eigenvalue weighted by Crippen LogP contribution is -2.06. The molecule has 0 bridgehead atoms. The van der Waals surface area contributed by atoms with E-state index in [-0.39, 0.29) is 16.7 Å². The van der Waals surface area contributed by atoms with E-state index in [9.17, 15) is 10.1 Å². The number of benzene rings is 2. The standard InChI is InChI=1S/C18H20N2O4/c1-3-23-17-9-13-8-12(2)24-18(13)10-14(17)11-19-15-6-4-5-7-16(15)20(21)22/h4-7,9-10,12,19H,3,8,11H2,1-2H3/t12-/m1/s1. The van der Waals surface area contributed by atoms with Crippen LogP contribution in [0.3, 0.4) is 0 Å². The van der Waals surface area contributed by atoms with Crippen molar-refractivity contribution >= 4 is 11.4 Å². The van der Waals surface area contributed by atoms with Crippen molar-refractivity contribution in [3.63, 3.8) is 0 Å². The molecule has 0 aliphatic carbocycles. The van der Waals surface area contributed by atoms with Gasteiger partial charge in [0.25, 0.3) is 5.69 Å². The van der Waals surface area contributed by atoms with Gasteiger partial charge in [0.1, 0.15) is 23.3 Å². The molecule has 2 aromatic rings. The van der Waals surface area contributed by atoms with E-state index in [2.05, 4.69) is 5.32 Å². The molecule has 126 valence electrons. The van der Waals surface area contributed by atoms with E-state index in [0.717, 1.165) is 29.0 Å². The molecule has 2 aromatic carbocycles. The highest BCUT2D eigenvalue weighted by atomic mass is 16.6. The van der Waals surface area contributed by atoms with Gasteiger partial charge in [-0.2, -0.15) is 0 Å². The minimum Gasteiger partial charge on any atom is -0.494 e. The lowest BCUT2D eigenvalue weighted by atomic mass is 10.1. The maximum Gasteiger partial charge on any atom is 0.292 e. The summed E-state index contributed by atoms with van der Waals surface area (Å²) in [6.45, 7) is 4.95. The first-order chi connectivity index (χ1) is 11.6. The third-order valence-corrected chi connectivity index (χ3v) is 3.95. The van der Waals surface area contributed by atoms with Crippen molar-refractivity contribution in [1.82, 2.24) is 0 Å². The normalized spacial score (nSPS) is 15.5. The van der Waals surface area contributed by atoms with E-state index in [1.165, 1.54) is 6.07 Å². The quantitative estimate of drug-likeness (QED) is 0.642. The molecule has 0 unspecified atom stereocenters. The number of nitrogens with zero attached hydrogens (tertiary/aromatic N) is 1. The number of para-hydroxylation sites is 2. The number of nitrogens with one attached hydrogen (secondary N) is 1. The second-order valence-corrected chi connectivity index (χ2v) is 5.76. The predicted octanol–water partition coefficient (Wildman–Crippen LogP) is 3.93. The number of nitro groups is 1. The minimum absolute atomic E-state index is 0.0569. The Morgan fingerprint density at radius 2 is 2.17 bits per heavy atom. The van der Waals surface area contributed by atoms with E-state index in [0.29, 0.717) is 18.8 Å². The van der Waals surface area contributed by atoms with E-state index in [1.54, 1.807) is 18.2 Å². The molecule has 0 saturated carbocycles. The van der Waals surface area contributed by atoms with Crippen molar-refractivity contribution in [3.8, 4) is 11.5 Å². The molecule has 1 atom stereocenters. The number of nitro benzene ring substituents is 1. The highest BCUT2D eigenvalue weighted by Crippen LogP contribution is 2.36. The first-order valence-corrected chi connectivity index (χ1v) is 8.01. The van der Waals surface area contributed by atoms with Crippen molar-refractivity contribution in [1.29, 1.82) is 0 Å². The number of hydrogen-bond acceptors (Lipinski definition) is 5. The molecule has 0 saturated heterocycles. The number of anilines is 1. The number of rotatable bonds is 6. The summed E-state index contributed by atoms with van der Waals surface area (Å²) in [6.07, 6.45) is 1.03. The SMILES string of the molecule is CCOc1cc2c(cc1CNc1ccccc1[N+](=O)[O-])O[C@H](C)C2. The summed E-state index contributed by atoms with van der Waals surface area (Å²) >= 11 is 0. The zero-order chi connectivity index (χ0) is 17.1. The fourth-order valence-electron chi connectivity index (χ4n) is 2.88. The van der Waals surface area contributed by atoms with Crippen LogP contribution in [0.25, 0.3) is 0 Å². The highest BCUT2D eigenvalue weighted by Gasteiger charge is 2.22. The minimum atomic E-state index is -0.390. The van der Waals surface area contributed by atoms with Gasteiger partial charge < -0.3 is 14.8 Å². The van der Waals surface area contributed by atoms with Crippen LogP contribution in [0, 0.1) is 10.1 Å². The number of ether oxygens (including phenoxy) is 2. The topological polar surface area (TPSA) is 73.6 Å². The summed E-state index contributed by atoms with van der Waals surface area (Å²) in [5.74, 6) is 1.66. The Labute approximate surface area is 140 Å². The van der Waals surface area contributed by atoms with Gasteiger partial charge in [0, 0.05) is 30.2 Å². The summed E-state index contributed by atoms with van der Waals surface area (Å²) in [4.78, 5) is 10.7. The van der Waals surface area contributed by atoms with Gasteiger partial charge in [-0.25, -0.2) is 0 Å². The van der Waals surface area contributed by atoms with Crippen molar-refractivity contribution in [2.75, 3.05) is 11.9 Å². The van der Waals surface area contributed by atoms with Crippen LogP contribution in [0.15, 0.2) is 36.4 Å². The monoisotopic (exact) mass is 328 g/mol. The molecule has 1 heterocycles. The second-order valence-electron chi connectivity index (χ2n) is 5.76. The number of fused-ring (bicyclic) bond motifs is 1. The molecule has 0 aromatic heterocycles. The molecule has 0 amide bonds. The Balaban J connectivity index is 1.85. The van der Waals surface area contributed by atoms with Gasteiger partial charge in [0.2, 0.25) is 0 Å². The maximum absolute atomic E-state index is 11.1. The average Bonchev–Trinajstić information content (AvgIpc) is 2.92. The summed E-state index contributed by atoms with van der Waals surface area (Å²) in [5, 5.41) is 14.2. The highest BCUT2D eigenvalue weighted by molar-refractivity contribution is 5.61. The van der Waals surface area contributed by atoms with E-state index < -0.39 is 0 Å². The first kappa shape index (κ1) is 16.1. The van der Waals surface area contributed by atoms with Gasteiger partial charge >= 0.3 is 0 Å². The van der Waals surface area contributed by atoms with Gasteiger partial charge in [-0.1, -0.05) is 12.1 Å². The zero-order valence-corrected chi connectivity index (χ0v) is 13.7. The summed E-state index contributed by atoms with van der Waals surface area (Å²) in [7, 11) is 0. The van der Waals surface area contributed by atoms with Gasteiger partial charge in [0.15, 0.2) is 0 Å². The van der Waals surface area contributed by atoms with Crippen LogP contribution in [0.5, 0.6) is 11.5 Å². The van der Waals surface area contributed by atoms with Crippen LogP contribution in [-0.4, -0.2) is 17.6 Å². The third-order valence-electron chi connectivity index (χ3n) is 3.95. The number of hydrogen-bond donors (Lipinski definition) is 1. The van der Waals surface area contributed by atoms with E-state index >= 15 is 0 Å². The fourth-order valence-corrected chi connectivity index (χ4v) is 2.88. The molecule has 0 spiro atoms. The van der Waals surface area contributed by atoms with Crippen molar-refractivity contribution in [3.05, 3.63) is 57.6 Å². The molecule has 6 nitrogen and oxygen atoms in total. The van der Waals surface area contributed by atoms with Crippen LogP contribution < -0.4 is 14.8 Å². The van der Waals surface area contributed by atoms with Crippen molar-refractivity contribution in [2.24, 2.45) is 0 Å². The molecule has 1 aliphatic heterocycles. The molecule has 24 heavy (non-hydrogen) atoms. The van der Waals surface area contributed by atoms with Gasteiger partial charge in [-0.05, 0) is 32.0 Å². The van der Waals surface area contributed by atoms with Crippen molar-refractivity contribution in [2.45, 2.75) is 32.9 Å². The summed E-state index contributed by atoms with van der Waals surface area (Å²) in [5.41, 5.74) is 2.60. The molecule has 0 fully saturated rings. The third kappa shape index (κ3) is 3.27. The van der Waals surface area contributed by atoms with E-state index in [4.69, 9.17) is 9.47 Å². The Morgan fingerprint density at radius 3 is 2.92 bits per heavy atom. The Hall–Kier alpha value is -2.76. The van der Waals surface area contributed by atoms with E-state index in [1.807, 2.05) is 26.0 Å². The molecular weight excluding hydrogens is 308 g/mol. The van der Waals surface area contributed by atoms with Gasteiger partial charge in [-0.15, -0.1) is 0 Å². The Bertz CT molecular complexity index is 761. The van der Waals surface area contributed by atoms with Crippen LogP contribution in [-0.2, 0) is 13.0 Å². The molecule has 3 rings (SSSR count). The summed E-state index contributed by atoms with van der Waals surface area (Å²) in [6, 6.07) is 10.6. The molecule has 0 radical (unpaired) electrons. The van der Waals surface area contributed by atoms with Crippen molar-refractivity contribution < 1.29 is 14.4 Å². The Morgan fingerprint density at radius 1 is 1.38 bits per heavy atom. The molecule has 1 aliphatic rings.